The van der Waals surface area contributed by atoms with Crippen molar-refractivity contribution in [2.24, 2.45) is 5.92 Å². The van der Waals surface area contributed by atoms with Crippen molar-refractivity contribution in [2.75, 3.05) is 19.6 Å². The van der Waals surface area contributed by atoms with E-state index in [1.54, 1.807) is 4.90 Å². The Morgan fingerprint density at radius 3 is 2.50 bits per heavy atom. The first kappa shape index (κ1) is 18.0. The highest BCUT2D eigenvalue weighted by Crippen LogP contribution is 2.33. The van der Waals surface area contributed by atoms with Crippen molar-refractivity contribution in [1.29, 1.82) is 0 Å². The molecule has 2 rings (SSSR count). The van der Waals surface area contributed by atoms with Crippen molar-refractivity contribution >= 4 is 17.8 Å². The van der Waals surface area contributed by atoms with Crippen LogP contribution < -0.4 is 5.32 Å². The fourth-order valence-corrected chi connectivity index (χ4v) is 3.03. The highest BCUT2D eigenvalue weighted by Gasteiger charge is 2.40. The third kappa shape index (κ3) is 4.57. The minimum atomic E-state index is -0.889. The average molecular weight is 332 g/mol. The molecule has 0 radical (unpaired) electrons. The molecule has 1 saturated heterocycles. The Kier molecular flexibility index (Phi) is 6.35. The van der Waals surface area contributed by atoms with Gasteiger partial charge >= 0.3 is 5.97 Å². The molecule has 2 N–H and O–H groups in total. The fourth-order valence-electron chi connectivity index (χ4n) is 3.03. The minimum absolute atomic E-state index is 0.114. The predicted molar refractivity (Wildman–Crippen MR) is 89.4 cm³/mol. The Bertz CT molecular complexity index is 588. The molecule has 1 heterocycles. The number of likely N-dealkylation sites (tertiary alicyclic amines) is 1. The molecule has 6 nitrogen and oxygen atoms in total. The molecular formula is C18H24N2O4. The number of rotatable bonds is 7. The van der Waals surface area contributed by atoms with Crippen LogP contribution in [0.15, 0.2) is 30.3 Å². The molecule has 6 heteroatoms. The summed E-state index contributed by atoms with van der Waals surface area (Å²) in [5.74, 6) is -2.00. The fraction of sp³-hybridized carbons (Fsp3) is 0.500. The molecule has 1 aliphatic heterocycles. The number of hydrogen-bond acceptors (Lipinski definition) is 3. The van der Waals surface area contributed by atoms with E-state index in [4.69, 9.17) is 0 Å². The van der Waals surface area contributed by atoms with Crippen molar-refractivity contribution in [3.8, 4) is 0 Å². The first-order chi connectivity index (χ1) is 11.5. The lowest BCUT2D eigenvalue weighted by atomic mass is 9.89. The highest BCUT2D eigenvalue weighted by atomic mass is 16.4. The van der Waals surface area contributed by atoms with E-state index >= 15 is 0 Å². The van der Waals surface area contributed by atoms with E-state index in [0.29, 0.717) is 13.1 Å². The summed E-state index contributed by atoms with van der Waals surface area (Å²) in [4.78, 5) is 37.0. The molecule has 1 aliphatic rings. The van der Waals surface area contributed by atoms with Gasteiger partial charge in [-0.05, 0) is 12.0 Å². The van der Waals surface area contributed by atoms with Crippen LogP contribution >= 0.6 is 0 Å². The molecule has 1 fully saturated rings. The van der Waals surface area contributed by atoms with Gasteiger partial charge in [0.15, 0.2) is 0 Å². The van der Waals surface area contributed by atoms with E-state index in [1.165, 1.54) is 0 Å². The number of carboxylic acid groups (broad SMARTS) is 1. The number of nitrogens with zero attached hydrogens (tertiary/aromatic N) is 1. The van der Waals surface area contributed by atoms with Crippen molar-refractivity contribution < 1.29 is 19.5 Å². The van der Waals surface area contributed by atoms with Crippen molar-refractivity contribution in [3.05, 3.63) is 35.9 Å². The maximum Gasteiger partial charge on any atom is 0.308 e. The van der Waals surface area contributed by atoms with E-state index < -0.39 is 11.9 Å². The Morgan fingerprint density at radius 2 is 1.88 bits per heavy atom. The first-order valence-corrected chi connectivity index (χ1v) is 8.35. The second-order valence-corrected chi connectivity index (χ2v) is 6.11. The van der Waals surface area contributed by atoms with Crippen LogP contribution in [0.4, 0.5) is 0 Å². The average Bonchev–Trinajstić information content (AvgIpc) is 3.04. The maximum atomic E-state index is 12.3. The summed E-state index contributed by atoms with van der Waals surface area (Å²) >= 11 is 0. The van der Waals surface area contributed by atoms with Crippen LogP contribution in [0.3, 0.4) is 0 Å². The number of nitrogens with one attached hydrogen (secondary N) is 1. The van der Waals surface area contributed by atoms with Gasteiger partial charge < -0.3 is 15.3 Å². The van der Waals surface area contributed by atoms with E-state index in [1.807, 2.05) is 37.3 Å². The Labute approximate surface area is 141 Å². The van der Waals surface area contributed by atoms with Gasteiger partial charge in [-0.2, -0.15) is 0 Å². The first-order valence-electron chi connectivity index (χ1n) is 8.35. The lowest BCUT2D eigenvalue weighted by molar-refractivity contribution is -0.142. The molecule has 130 valence electrons. The Hall–Kier alpha value is -2.37. The molecule has 1 aromatic rings. The number of aliphatic carboxylic acids is 1. The number of hydrogen-bond donors (Lipinski definition) is 2. The quantitative estimate of drug-likeness (QED) is 0.794. The smallest absolute Gasteiger partial charge is 0.308 e. The van der Waals surface area contributed by atoms with Crippen LogP contribution in [-0.2, 0) is 14.4 Å². The third-order valence-corrected chi connectivity index (χ3v) is 4.36. The lowest BCUT2D eigenvalue weighted by Crippen LogP contribution is -2.31. The summed E-state index contributed by atoms with van der Waals surface area (Å²) in [6, 6.07) is 9.42. The number of carbonyl (C=O) groups excluding carboxylic acids is 2. The van der Waals surface area contributed by atoms with Crippen LogP contribution in [0.2, 0.25) is 0 Å². The van der Waals surface area contributed by atoms with Crippen molar-refractivity contribution in [3.63, 3.8) is 0 Å². The monoisotopic (exact) mass is 332 g/mol. The van der Waals surface area contributed by atoms with Gasteiger partial charge in [0.05, 0.1) is 5.92 Å². The van der Waals surface area contributed by atoms with E-state index in [9.17, 15) is 19.5 Å². The molecule has 0 aromatic heterocycles. The number of carbonyl (C=O) groups is 3. The molecule has 0 spiro atoms. The van der Waals surface area contributed by atoms with Crippen molar-refractivity contribution in [1.82, 2.24) is 10.2 Å². The van der Waals surface area contributed by atoms with Crippen LogP contribution in [0.25, 0.3) is 0 Å². The molecule has 0 aliphatic carbocycles. The Morgan fingerprint density at radius 1 is 1.17 bits per heavy atom. The minimum Gasteiger partial charge on any atom is -0.481 e. The largest absolute Gasteiger partial charge is 0.481 e. The zero-order chi connectivity index (χ0) is 17.5. The maximum absolute atomic E-state index is 12.3. The predicted octanol–water partition coefficient (Wildman–Crippen LogP) is 1.62. The topological polar surface area (TPSA) is 86.7 Å². The van der Waals surface area contributed by atoms with Gasteiger partial charge in [0.1, 0.15) is 0 Å². The summed E-state index contributed by atoms with van der Waals surface area (Å²) < 4.78 is 0. The molecular weight excluding hydrogens is 308 g/mol. The van der Waals surface area contributed by atoms with Crippen LogP contribution in [0.5, 0.6) is 0 Å². The van der Waals surface area contributed by atoms with Gasteiger partial charge in [0.2, 0.25) is 11.8 Å². The summed E-state index contributed by atoms with van der Waals surface area (Å²) in [6.07, 6.45) is 1.11. The van der Waals surface area contributed by atoms with Gasteiger partial charge in [-0.15, -0.1) is 0 Å². The van der Waals surface area contributed by atoms with Gasteiger partial charge in [0, 0.05) is 38.4 Å². The standard InChI is InChI=1S/C18H24N2O4/c1-2-10-19-16(21)8-9-17(22)20-11-14(15(12-20)18(23)24)13-6-4-3-5-7-13/h3-7,14-15H,2,8-12H2,1H3,(H,19,21)(H,23,24)/t14-,15-/m0/s1. The summed E-state index contributed by atoms with van der Waals surface area (Å²) in [6.45, 7) is 3.15. The third-order valence-electron chi connectivity index (χ3n) is 4.36. The van der Waals surface area contributed by atoms with Gasteiger partial charge in [-0.3, -0.25) is 14.4 Å². The van der Waals surface area contributed by atoms with Crippen molar-refractivity contribution in [2.45, 2.75) is 32.1 Å². The molecule has 2 atom stereocenters. The highest BCUT2D eigenvalue weighted by molar-refractivity contribution is 5.84. The number of amides is 2. The summed E-state index contributed by atoms with van der Waals surface area (Å²) in [7, 11) is 0. The second kappa shape index (κ2) is 8.47. The van der Waals surface area contributed by atoms with Crippen LogP contribution in [0.1, 0.15) is 37.7 Å². The zero-order valence-corrected chi connectivity index (χ0v) is 13.9. The normalized spacial score (nSPS) is 20.0. The Balaban J connectivity index is 1.96. The molecule has 24 heavy (non-hydrogen) atoms. The lowest BCUT2D eigenvalue weighted by Gasteiger charge is -2.16. The molecule has 0 unspecified atom stereocenters. The second-order valence-electron chi connectivity index (χ2n) is 6.11. The molecule has 1 aromatic carbocycles. The van der Waals surface area contributed by atoms with E-state index in [0.717, 1.165) is 12.0 Å². The molecule has 2 amide bonds. The number of benzene rings is 1. The molecule has 0 saturated carbocycles. The summed E-state index contributed by atoms with van der Waals surface area (Å²) in [5.41, 5.74) is 0.931. The van der Waals surface area contributed by atoms with Gasteiger partial charge in [0.25, 0.3) is 0 Å². The van der Waals surface area contributed by atoms with E-state index in [-0.39, 0.29) is 37.1 Å². The summed E-state index contributed by atoms with van der Waals surface area (Å²) in [5, 5.41) is 12.2. The molecule has 0 bridgehead atoms. The van der Waals surface area contributed by atoms with Gasteiger partial charge in [-0.1, -0.05) is 37.3 Å². The van der Waals surface area contributed by atoms with Crippen LogP contribution in [-0.4, -0.2) is 47.4 Å². The van der Waals surface area contributed by atoms with Gasteiger partial charge in [-0.25, -0.2) is 0 Å². The van der Waals surface area contributed by atoms with Crippen LogP contribution in [0, 0.1) is 5.92 Å². The number of carboxylic acids is 1. The SMILES string of the molecule is CCCNC(=O)CCC(=O)N1C[C@H](C(=O)O)[C@H](c2ccccc2)C1. The zero-order valence-electron chi connectivity index (χ0n) is 13.9. The van der Waals surface area contributed by atoms with E-state index in [2.05, 4.69) is 5.32 Å².